The monoisotopic (exact) mass is 456 g/mol. The van der Waals surface area contributed by atoms with Crippen molar-refractivity contribution in [3.8, 4) is 0 Å². The number of thioether (sulfide) groups is 1. The lowest BCUT2D eigenvalue weighted by Gasteiger charge is -2.37. The highest BCUT2D eigenvalue weighted by atomic mass is 32.2. The SMILES string of the molecule is CC1CCN(C(CNC(=O)CSCc2cc(=O)n3ccsc3n2)c2ccccc2)CC1. The molecule has 1 aliphatic rings. The molecule has 1 aliphatic heterocycles. The minimum atomic E-state index is -0.0761. The number of fused-ring (bicyclic) bond motifs is 1. The smallest absolute Gasteiger partial charge is 0.258 e. The highest BCUT2D eigenvalue weighted by Crippen LogP contribution is 2.26. The van der Waals surface area contributed by atoms with Gasteiger partial charge in [-0.15, -0.1) is 23.1 Å². The average molecular weight is 457 g/mol. The van der Waals surface area contributed by atoms with Crippen LogP contribution in [0.1, 0.15) is 37.1 Å². The Bertz CT molecular complexity index is 1060. The molecule has 8 heteroatoms. The van der Waals surface area contributed by atoms with Crippen molar-refractivity contribution in [2.75, 3.05) is 25.4 Å². The maximum absolute atomic E-state index is 12.5. The number of likely N-dealkylation sites (tertiary alicyclic amines) is 1. The van der Waals surface area contributed by atoms with Crippen LogP contribution in [0.2, 0.25) is 0 Å². The van der Waals surface area contributed by atoms with Crippen molar-refractivity contribution in [1.82, 2.24) is 19.6 Å². The third-order valence-electron chi connectivity index (χ3n) is 5.78. The van der Waals surface area contributed by atoms with Gasteiger partial charge in [0, 0.05) is 29.9 Å². The molecule has 6 nitrogen and oxygen atoms in total. The van der Waals surface area contributed by atoms with Crippen LogP contribution in [-0.2, 0) is 10.5 Å². The number of hydrogen-bond acceptors (Lipinski definition) is 6. The molecule has 0 radical (unpaired) electrons. The first-order valence-corrected chi connectivity index (χ1v) is 12.7. The van der Waals surface area contributed by atoms with Crippen LogP contribution >= 0.6 is 23.1 Å². The molecule has 2 aromatic heterocycles. The van der Waals surface area contributed by atoms with Gasteiger partial charge in [0.1, 0.15) is 0 Å². The summed E-state index contributed by atoms with van der Waals surface area (Å²) in [6.07, 6.45) is 4.13. The number of carbonyl (C=O) groups is 1. The average Bonchev–Trinajstić information content (AvgIpc) is 3.25. The molecule has 3 heterocycles. The van der Waals surface area contributed by atoms with Gasteiger partial charge in [0.15, 0.2) is 4.96 Å². The molecule has 0 saturated carbocycles. The predicted molar refractivity (Wildman–Crippen MR) is 128 cm³/mol. The molecule has 1 N–H and O–H groups in total. The quantitative estimate of drug-likeness (QED) is 0.561. The van der Waals surface area contributed by atoms with E-state index in [-0.39, 0.29) is 17.5 Å². The van der Waals surface area contributed by atoms with Crippen LogP contribution in [0, 0.1) is 5.92 Å². The number of thiazole rings is 1. The van der Waals surface area contributed by atoms with Gasteiger partial charge in [0.2, 0.25) is 5.91 Å². The van der Waals surface area contributed by atoms with E-state index in [1.807, 2.05) is 11.4 Å². The van der Waals surface area contributed by atoms with E-state index in [4.69, 9.17) is 0 Å². The Balaban J connectivity index is 1.30. The van der Waals surface area contributed by atoms with E-state index < -0.39 is 0 Å². The van der Waals surface area contributed by atoms with Crippen LogP contribution in [0.3, 0.4) is 0 Å². The van der Waals surface area contributed by atoms with Gasteiger partial charge in [-0.25, -0.2) is 4.98 Å². The number of nitrogens with zero attached hydrogens (tertiary/aromatic N) is 3. The van der Waals surface area contributed by atoms with Gasteiger partial charge in [-0.3, -0.25) is 18.9 Å². The molecular formula is C23H28N4O2S2. The Morgan fingerprint density at radius 2 is 2.06 bits per heavy atom. The molecule has 164 valence electrons. The summed E-state index contributed by atoms with van der Waals surface area (Å²) in [5.74, 6) is 1.69. The maximum Gasteiger partial charge on any atom is 0.258 e. The van der Waals surface area contributed by atoms with Gasteiger partial charge in [-0.1, -0.05) is 37.3 Å². The second-order valence-corrected chi connectivity index (χ2v) is 9.94. The summed E-state index contributed by atoms with van der Waals surface area (Å²) in [6, 6.07) is 12.2. The highest BCUT2D eigenvalue weighted by molar-refractivity contribution is 7.99. The predicted octanol–water partition coefficient (Wildman–Crippen LogP) is 3.58. The summed E-state index contributed by atoms with van der Waals surface area (Å²) < 4.78 is 1.54. The molecule has 1 fully saturated rings. The molecule has 1 amide bonds. The van der Waals surface area contributed by atoms with Gasteiger partial charge in [-0.2, -0.15) is 0 Å². The normalized spacial score (nSPS) is 16.4. The number of rotatable bonds is 8. The zero-order chi connectivity index (χ0) is 21.6. The minimum Gasteiger partial charge on any atom is -0.353 e. The number of nitrogens with one attached hydrogen (secondary N) is 1. The summed E-state index contributed by atoms with van der Waals surface area (Å²) in [4.78, 5) is 32.3. The van der Waals surface area contributed by atoms with Gasteiger partial charge in [0.05, 0.1) is 17.5 Å². The summed E-state index contributed by atoms with van der Waals surface area (Å²) in [7, 11) is 0. The Morgan fingerprint density at radius 1 is 1.29 bits per heavy atom. The molecule has 31 heavy (non-hydrogen) atoms. The van der Waals surface area contributed by atoms with Crippen molar-refractivity contribution in [2.45, 2.75) is 31.6 Å². The second-order valence-electron chi connectivity index (χ2n) is 8.08. The van der Waals surface area contributed by atoms with E-state index in [0.717, 1.165) is 24.7 Å². The highest BCUT2D eigenvalue weighted by Gasteiger charge is 2.25. The van der Waals surface area contributed by atoms with Gasteiger partial charge < -0.3 is 5.32 Å². The number of amides is 1. The van der Waals surface area contributed by atoms with E-state index in [0.29, 0.717) is 23.0 Å². The van der Waals surface area contributed by atoms with Gasteiger partial charge in [-0.05, 0) is 37.4 Å². The molecular weight excluding hydrogens is 428 g/mol. The number of carbonyl (C=O) groups excluding carboxylic acids is 1. The first-order chi connectivity index (χ1) is 15.1. The van der Waals surface area contributed by atoms with Crippen LogP contribution in [-0.4, -0.2) is 45.6 Å². The first kappa shape index (κ1) is 22.0. The van der Waals surface area contributed by atoms with Crippen LogP contribution in [0.5, 0.6) is 0 Å². The van der Waals surface area contributed by atoms with Crippen LogP contribution in [0.15, 0.2) is 52.8 Å². The van der Waals surface area contributed by atoms with E-state index in [1.54, 1.807) is 12.3 Å². The number of piperidine rings is 1. The standard InChI is InChI=1S/C23H28N4O2S2/c1-17-7-9-26(10-8-17)20(18-5-3-2-4-6-18)14-24-21(28)16-30-15-19-13-22(29)27-11-12-31-23(27)25-19/h2-6,11-13,17,20H,7-10,14-16H2,1H3,(H,24,28). The van der Waals surface area contributed by atoms with Crippen molar-refractivity contribution >= 4 is 34.0 Å². The Labute approximate surface area is 190 Å². The Morgan fingerprint density at radius 3 is 2.84 bits per heavy atom. The van der Waals surface area contributed by atoms with Crippen molar-refractivity contribution < 1.29 is 4.79 Å². The largest absolute Gasteiger partial charge is 0.353 e. The Hall–Kier alpha value is -2.16. The van der Waals surface area contributed by atoms with E-state index in [1.165, 1.54) is 45.9 Å². The molecule has 0 bridgehead atoms. The first-order valence-electron chi connectivity index (χ1n) is 10.7. The lowest BCUT2D eigenvalue weighted by molar-refractivity contribution is -0.118. The molecule has 0 aliphatic carbocycles. The van der Waals surface area contributed by atoms with Crippen molar-refractivity contribution in [2.24, 2.45) is 5.92 Å². The molecule has 1 saturated heterocycles. The zero-order valence-corrected chi connectivity index (χ0v) is 19.3. The Kier molecular flexibility index (Phi) is 7.42. The van der Waals surface area contributed by atoms with E-state index in [9.17, 15) is 9.59 Å². The summed E-state index contributed by atoms with van der Waals surface area (Å²) in [5, 5.41) is 4.97. The second kappa shape index (κ2) is 10.4. The lowest BCUT2D eigenvalue weighted by atomic mass is 9.95. The summed E-state index contributed by atoms with van der Waals surface area (Å²) in [5.41, 5.74) is 1.89. The number of aromatic nitrogens is 2. The minimum absolute atomic E-state index is 0.0187. The van der Waals surface area contributed by atoms with Gasteiger partial charge in [0.25, 0.3) is 5.56 Å². The maximum atomic E-state index is 12.5. The van der Waals surface area contributed by atoms with Gasteiger partial charge >= 0.3 is 0 Å². The van der Waals surface area contributed by atoms with Crippen molar-refractivity contribution in [1.29, 1.82) is 0 Å². The molecule has 1 atom stereocenters. The number of hydrogen-bond donors (Lipinski definition) is 1. The molecule has 4 rings (SSSR count). The summed E-state index contributed by atoms with van der Waals surface area (Å²) >= 11 is 2.92. The zero-order valence-electron chi connectivity index (χ0n) is 17.7. The van der Waals surface area contributed by atoms with Crippen molar-refractivity contribution in [3.05, 3.63) is 69.6 Å². The summed E-state index contributed by atoms with van der Waals surface area (Å²) in [6.45, 7) is 5.06. The third-order valence-corrected chi connectivity index (χ3v) is 7.50. The topological polar surface area (TPSA) is 66.7 Å². The molecule has 3 aromatic rings. The fourth-order valence-electron chi connectivity index (χ4n) is 3.94. The fraction of sp³-hybridized carbons (Fsp3) is 0.435. The van der Waals surface area contributed by atoms with E-state index >= 15 is 0 Å². The fourth-order valence-corrected chi connectivity index (χ4v) is 5.43. The van der Waals surface area contributed by atoms with Crippen LogP contribution in [0.4, 0.5) is 0 Å². The van der Waals surface area contributed by atoms with Crippen LogP contribution < -0.4 is 10.9 Å². The van der Waals surface area contributed by atoms with Crippen molar-refractivity contribution in [3.63, 3.8) is 0 Å². The lowest BCUT2D eigenvalue weighted by Crippen LogP contribution is -2.42. The van der Waals surface area contributed by atoms with Crippen LogP contribution in [0.25, 0.3) is 4.96 Å². The molecule has 1 unspecified atom stereocenters. The molecule has 1 aromatic carbocycles. The van der Waals surface area contributed by atoms with E-state index in [2.05, 4.69) is 46.4 Å². The third kappa shape index (κ3) is 5.75. The molecule has 0 spiro atoms. The number of benzene rings is 1.